The van der Waals surface area contributed by atoms with Gasteiger partial charge in [0.2, 0.25) is 0 Å². The minimum Gasteiger partial charge on any atom is -0.384 e. The van der Waals surface area contributed by atoms with Gasteiger partial charge in [0.15, 0.2) is 10.8 Å². The average Bonchev–Trinajstić information content (AvgIpc) is 3.28. The summed E-state index contributed by atoms with van der Waals surface area (Å²) >= 11 is 2.49. The van der Waals surface area contributed by atoms with Crippen LogP contribution in [0.1, 0.15) is 16.1 Å². The number of hydrogen-bond donors (Lipinski definition) is 1. The molecule has 142 valence electrons. The van der Waals surface area contributed by atoms with Gasteiger partial charge in [-0.3, -0.25) is 0 Å². The highest BCUT2D eigenvalue weighted by Crippen LogP contribution is 2.37. The van der Waals surface area contributed by atoms with Crippen molar-refractivity contribution in [1.82, 2.24) is 9.29 Å². The second kappa shape index (κ2) is 7.22. The van der Waals surface area contributed by atoms with Crippen molar-refractivity contribution >= 4 is 34.1 Å². The third kappa shape index (κ3) is 3.85. The lowest BCUT2D eigenvalue weighted by Gasteiger charge is -2.33. The lowest BCUT2D eigenvalue weighted by Crippen LogP contribution is -2.43. The summed E-state index contributed by atoms with van der Waals surface area (Å²) in [6.07, 6.45) is -3.57. The van der Waals surface area contributed by atoms with Crippen molar-refractivity contribution in [2.24, 2.45) is 0 Å². The molecule has 27 heavy (non-hydrogen) atoms. The fraction of sp³-hybridized carbons (Fsp3) is 0.412. The number of piperazine rings is 1. The van der Waals surface area contributed by atoms with Crippen LogP contribution in [0.2, 0.25) is 0 Å². The molecule has 0 aliphatic carbocycles. The summed E-state index contributed by atoms with van der Waals surface area (Å²) in [6.45, 7) is 3.55. The van der Waals surface area contributed by atoms with E-state index in [1.807, 2.05) is 4.90 Å². The Hall–Kier alpha value is -1.96. The summed E-state index contributed by atoms with van der Waals surface area (Å²) in [5.41, 5.74) is 1.44. The van der Waals surface area contributed by atoms with Crippen molar-refractivity contribution < 1.29 is 13.2 Å². The normalized spacial score (nSPS) is 17.5. The Labute approximate surface area is 162 Å². The van der Waals surface area contributed by atoms with Crippen LogP contribution in [0.15, 0.2) is 23.1 Å². The van der Waals surface area contributed by atoms with E-state index < -0.39 is 11.9 Å². The number of benzene rings is 1. The lowest BCUT2D eigenvalue weighted by atomic mass is 10.2. The monoisotopic (exact) mass is 411 g/mol. The Morgan fingerprint density at radius 1 is 1.22 bits per heavy atom. The topological polar surface area (TPSA) is 55.2 Å². The van der Waals surface area contributed by atoms with Crippen LogP contribution in [-0.2, 0) is 12.6 Å². The molecular weight excluding hydrogens is 395 g/mol. The largest absolute Gasteiger partial charge is 0.435 e. The molecule has 0 spiro atoms. The van der Waals surface area contributed by atoms with E-state index in [4.69, 9.17) is 5.26 Å². The standard InChI is InChI=1S/C17H16F3N5S2/c18-17(19,20)15-14(10-21)26-16(23-15)24-5-7-25(8-6-24)27-12-1-2-13-11(9-12)3-4-22-13/h1-2,9,22H,3-8H2. The summed E-state index contributed by atoms with van der Waals surface area (Å²) in [5.74, 6) is 0. The van der Waals surface area contributed by atoms with Gasteiger partial charge in [-0.1, -0.05) is 11.3 Å². The number of alkyl halides is 3. The molecule has 0 saturated carbocycles. The molecule has 1 aromatic heterocycles. The number of anilines is 2. The zero-order valence-corrected chi connectivity index (χ0v) is 15.8. The van der Waals surface area contributed by atoms with Gasteiger partial charge in [0, 0.05) is 43.3 Å². The summed E-state index contributed by atoms with van der Waals surface area (Å²) in [6, 6.07) is 7.99. The van der Waals surface area contributed by atoms with E-state index in [0.29, 0.717) is 26.2 Å². The molecule has 0 amide bonds. The van der Waals surface area contributed by atoms with Crippen LogP contribution < -0.4 is 10.2 Å². The minimum absolute atomic E-state index is 0.270. The smallest absolute Gasteiger partial charge is 0.384 e. The molecule has 1 aromatic carbocycles. The quantitative estimate of drug-likeness (QED) is 0.775. The minimum atomic E-state index is -4.60. The molecule has 0 atom stereocenters. The zero-order valence-electron chi connectivity index (χ0n) is 14.2. The summed E-state index contributed by atoms with van der Waals surface area (Å²) in [4.78, 5) is 6.31. The van der Waals surface area contributed by atoms with Gasteiger partial charge in [0.1, 0.15) is 10.9 Å². The Kier molecular flexibility index (Phi) is 4.92. The first kappa shape index (κ1) is 18.4. The second-order valence-electron chi connectivity index (χ2n) is 6.29. The number of thiazole rings is 1. The number of rotatable bonds is 3. The molecule has 2 aliphatic heterocycles. The summed E-state index contributed by atoms with van der Waals surface area (Å²) in [7, 11) is 0. The third-order valence-corrected chi connectivity index (χ3v) is 6.63. The van der Waals surface area contributed by atoms with Crippen LogP contribution in [-0.4, -0.2) is 42.0 Å². The second-order valence-corrected chi connectivity index (χ2v) is 8.43. The number of halogens is 3. The molecule has 1 fully saturated rings. The molecule has 10 heteroatoms. The van der Waals surface area contributed by atoms with E-state index in [-0.39, 0.29) is 10.0 Å². The first-order chi connectivity index (χ1) is 12.9. The Balaban J connectivity index is 1.39. The Morgan fingerprint density at radius 3 is 2.67 bits per heavy atom. The SMILES string of the molecule is N#Cc1sc(N2CCN(Sc3ccc4c(c3)CCN4)CC2)nc1C(F)(F)F. The number of nitrogens with one attached hydrogen (secondary N) is 1. The molecule has 0 unspecified atom stereocenters. The molecule has 2 aliphatic rings. The number of fused-ring (bicyclic) bond motifs is 1. The van der Waals surface area contributed by atoms with Crippen LogP contribution in [0.4, 0.5) is 24.0 Å². The van der Waals surface area contributed by atoms with Crippen molar-refractivity contribution in [2.45, 2.75) is 17.5 Å². The van der Waals surface area contributed by atoms with Crippen molar-refractivity contribution in [2.75, 3.05) is 42.9 Å². The van der Waals surface area contributed by atoms with E-state index in [0.717, 1.165) is 24.3 Å². The Morgan fingerprint density at radius 2 is 2.00 bits per heavy atom. The molecule has 0 radical (unpaired) electrons. The van der Waals surface area contributed by atoms with Gasteiger partial charge in [-0.2, -0.15) is 18.4 Å². The molecule has 0 bridgehead atoms. The van der Waals surface area contributed by atoms with Crippen LogP contribution in [0.25, 0.3) is 0 Å². The summed E-state index contributed by atoms with van der Waals surface area (Å²) in [5, 5.41) is 12.6. The molecule has 1 saturated heterocycles. The van der Waals surface area contributed by atoms with Crippen LogP contribution >= 0.6 is 23.3 Å². The molecule has 2 aromatic rings. The van der Waals surface area contributed by atoms with Crippen molar-refractivity contribution in [1.29, 1.82) is 5.26 Å². The highest BCUT2D eigenvalue weighted by atomic mass is 32.2. The number of aromatic nitrogens is 1. The number of hydrogen-bond acceptors (Lipinski definition) is 7. The molecule has 3 heterocycles. The van der Waals surface area contributed by atoms with E-state index in [1.165, 1.54) is 16.1 Å². The maximum absolute atomic E-state index is 13.0. The zero-order chi connectivity index (χ0) is 19.0. The van der Waals surface area contributed by atoms with Gasteiger partial charge in [-0.15, -0.1) is 0 Å². The fourth-order valence-corrected chi connectivity index (χ4v) is 5.07. The van der Waals surface area contributed by atoms with Gasteiger partial charge in [0.05, 0.1) is 0 Å². The van der Waals surface area contributed by atoms with Gasteiger partial charge in [-0.25, -0.2) is 9.29 Å². The van der Waals surface area contributed by atoms with E-state index in [9.17, 15) is 13.2 Å². The van der Waals surface area contributed by atoms with Crippen molar-refractivity contribution in [3.63, 3.8) is 0 Å². The molecule has 4 rings (SSSR count). The fourth-order valence-electron chi connectivity index (χ4n) is 3.17. The van der Waals surface area contributed by atoms with Crippen molar-refractivity contribution in [3.8, 4) is 6.07 Å². The highest BCUT2D eigenvalue weighted by Gasteiger charge is 2.38. The molecular formula is C17H16F3N5S2. The van der Waals surface area contributed by atoms with Gasteiger partial charge in [-0.05, 0) is 42.1 Å². The average molecular weight is 411 g/mol. The predicted molar refractivity (Wildman–Crippen MR) is 100 cm³/mol. The Bertz CT molecular complexity index is 882. The highest BCUT2D eigenvalue weighted by molar-refractivity contribution is 7.97. The number of nitriles is 1. The molecule has 1 N–H and O–H groups in total. The maximum atomic E-state index is 13.0. The maximum Gasteiger partial charge on any atom is 0.435 e. The molecule has 5 nitrogen and oxygen atoms in total. The number of nitrogens with zero attached hydrogens (tertiary/aromatic N) is 4. The lowest BCUT2D eigenvalue weighted by molar-refractivity contribution is -0.140. The van der Waals surface area contributed by atoms with Crippen LogP contribution in [0.5, 0.6) is 0 Å². The van der Waals surface area contributed by atoms with Gasteiger partial charge < -0.3 is 10.2 Å². The predicted octanol–water partition coefficient (Wildman–Crippen LogP) is 3.83. The van der Waals surface area contributed by atoms with E-state index >= 15 is 0 Å². The van der Waals surface area contributed by atoms with Gasteiger partial charge >= 0.3 is 6.18 Å². The van der Waals surface area contributed by atoms with Crippen LogP contribution in [0.3, 0.4) is 0 Å². The first-order valence-electron chi connectivity index (χ1n) is 8.47. The van der Waals surface area contributed by atoms with Gasteiger partial charge in [0.25, 0.3) is 0 Å². The van der Waals surface area contributed by atoms with E-state index in [1.54, 1.807) is 18.0 Å². The third-order valence-electron chi connectivity index (χ3n) is 4.52. The summed E-state index contributed by atoms with van der Waals surface area (Å²) < 4.78 is 41.1. The van der Waals surface area contributed by atoms with E-state index in [2.05, 4.69) is 32.8 Å². The van der Waals surface area contributed by atoms with Crippen LogP contribution in [0, 0.1) is 11.3 Å². The first-order valence-corrected chi connectivity index (χ1v) is 10.1. The van der Waals surface area contributed by atoms with Crippen molar-refractivity contribution in [3.05, 3.63) is 34.3 Å².